The van der Waals surface area contributed by atoms with Crippen LogP contribution in [-0.2, 0) is 13.2 Å². The van der Waals surface area contributed by atoms with Crippen LogP contribution in [0.3, 0.4) is 0 Å². The Hall–Kier alpha value is -1.89. The molecule has 152 valence electrons. The Kier molecular flexibility index (Phi) is 7.70. The quantitative estimate of drug-likeness (QED) is 0.356. The van der Waals surface area contributed by atoms with Gasteiger partial charge in [-0.05, 0) is 55.8 Å². The summed E-state index contributed by atoms with van der Waals surface area (Å²) in [6.45, 7) is 5.00. The second-order valence-corrected chi connectivity index (χ2v) is 8.97. The number of halogens is 2. The van der Waals surface area contributed by atoms with Gasteiger partial charge in [-0.1, -0.05) is 40.5 Å². The number of hydrogen-bond donors (Lipinski definition) is 0. The second-order valence-electron chi connectivity index (χ2n) is 6.68. The van der Waals surface area contributed by atoms with Crippen molar-refractivity contribution in [1.29, 1.82) is 0 Å². The summed E-state index contributed by atoms with van der Waals surface area (Å²) in [5.74, 6) is 0.754. The molecule has 0 aliphatic carbocycles. The zero-order chi connectivity index (χ0) is 20.8. The summed E-state index contributed by atoms with van der Waals surface area (Å²) in [6, 6.07) is 14.8. The molecular formula is C22H22BrClN2O2S. The van der Waals surface area contributed by atoms with Gasteiger partial charge in [-0.15, -0.1) is 11.3 Å². The number of carbonyl (C=O) groups is 1. The van der Waals surface area contributed by atoms with E-state index in [9.17, 15) is 4.79 Å². The molecular weight excluding hydrogens is 472 g/mol. The fraction of sp³-hybridized carbons (Fsp3) is 0.273. The average Bonchev–Trinajstić information content (AvgIpc) is 3.18. The summed E-state index contributed by atoms with van der Waals surface area (Å²) < 4.78 is 6.66. The molecule has 1 atom stereocenters. The normalized spacial score (nSPS) is 11.9. The molecule has 0 aliphatic heterocycles. The minimum atomic E-state index is 0.00705. The van der Waals surface area contributed by atoms with E-state index in [0.29, 0.717) is 23.7 Å². The molecule has 0 fully saturated rings. The maximum atomic E-state index is 13.1. The monoisotopic (exact) mass is 492 g/mol. The number of nitrogens with zero attached hydrogens (tertiary/aromatic N) is 2. The van der Waals surface area contributed by atoms with Crippen molar-refractivity contribution in [2.45, 2.75) is 39.5 Å². The van der Waals surface area contributed by atoms with Crippen molar-refractivity contribution in [2.75, 3.05) is 0 Å². The first-order valence-electron chi connectivity index (χ1n) is 9.34. The summed E-state index contributed by atoms with van der Waals surface area (Å²) in [6.07, 6.45) is 0.871. The second kappa shape index (κ2) is 10.2. The molecule has 29 heavy (non-hydrogen) atoms. The molecule has 7 heteroatoms. The van der Waals surface area contributed by atoms with Crippen LogP contribution in [0.2, 0.25) is 5.02 Å². The maximum absolute atomic E-state index is 13.1. The van der Waals surface area contributed by atoms with Crippen molar-refractivity contribution < 1.29 is 9.53 Å². The lowest BCUT2D eigenvalue weighted by Gasteiger charge is -2.28. The van der Waals surface area contributed by atoms with E-state index in [1.165, 1.54) is 11.3 Å². The van der Waals surface area contributed by atoms with Crippen molar-refractivity contribution in [3.05, 3.63) is 79.7 Å². The number of thiazole rings is 1. The van der Waals surface area contributed by atoms with E-state index < -0.39 is 0 Å². The third-order valence-corrected chi connectivity index (χ3v) is 6.18. The number of amides is 1. The van der Waals surface area contributed by atoms with Crippen LogP contribution in [0.5, 0.6) is 5.75 Å². The number of rotatable bonds is 8. The molecule has 0 radical (unpaired) electrons. The number of hydrogen-bond acceptors (Lipinski definition) is 4. The molecule has 4 nitrogen and oxygen atoms in total. The van der Waals surface area contributed by atoms with Gasteiger partial charge in [0.25, 0.3) is 5.91 Å². The summed E-state index contributed by atoms with van der Waals surface area (Å²) in [5, 5.41) is 3.53. The van der Waals surface area contributed by atoms with Crippen LogP contribution in [0.25, 0.3) is 0 Å². The van der Waals surface area contributed by atoms with Crippen LogP contribution < -0.4 is 4.74 Å². The third-order valence-electron chi connectivity index (χ3n) is 4.56. The van der Waals surface area contributed by atoms with Crippen molar-refractivity contribution in [3.63, 3.8) is 0 Å². The van der Waals surface area contributed by atoms with Crippen molar-refractivity contribution in [3.8, 4) is 5.75 Å². The highest BCUT2D eigenvalue weighted by atomic mass is 79.9. The van der Waals surface area contributed by atoms with E-state index in [4.69, 9.17) is 16.3 Å². The first-order chi connectivity index (χ1) is 14.0. The Morgan fingerprint density at radius 2 is 2.03 bits per heavy atom. The van der Waals surface area contributed by atoms with Gasteiger partial charge in [0.15, 0.2) is 0 Å². The van der Waals surface area contributed by atoms with Gasteiger partial charge >= 0.3 is 0 Å². The van der Waals surface area contributed by atoms with Crippen LogP contribution in [0, 0.1) is 0 Å². The zero-order valence-corrected chi connectivity index (χ0v) is 19.4. The molecule has 0 saturated heterocycles. The lowest BCUT2D eigenvalue weighted by atomic mass is 10.1. The van der Waals surface area contributed by atoms with Gasteiger partial charge in [-0.3, -0.25) is 4.79 Å². The van der Waals surface area contributed by atoms with E-state index in [-0.39, 0.29) is 11.9 Å². The summed E-state index contributed by atoms with van der Waals surface area (Å²) in [4.78, 5) is 19.6. The van der Waals surface area contributed by atoms with Crippen LogP contribution in [0.4, 0.5) is 0 Å². The Labute approximate surface area is 188 Å². The standard InChI is InChI=1S/C22H22BrClN2O2S/c1-3-15(2)26(22(27)16-5-4-6-17(23)11-16)12-19-14-29-21(25-19)13-28-20-9-7-18(24)8-10-20/h4-11,14-15H,3,12-13H2,1-2H3/t15-/m1/s1. The van der Waals surface area contributed by atoms with Gasteiger partial charge in [0, 0.05) is 26.5 Å². The molecule has 0 spiro atoms. The Bertz CT molecular complexity index is 961. The van der Waals surface area contributed by atoms with Crippen LogP contribution in [0.15, 0.2) is 58.4 Å². The molecule has 0 saturated carbocycles. The van der Waals surface area contributed by atoms with Gasteiger partial charge in [-0.25, -0.2) is 4.98 Å². The largest absolute Gasteiger partial charge is 0.486 e. The molecule has 3 aromatic rings. The van der Waals surface area contributed by atoms with Gasteiger partial charge < -0.3 is 9.64 Å². The van der Waals surface area contributed by atoms with Crippen LogP contribution in [0.1, 0.15) is 41.3 Å². The zero-order valence-electron chi connectivity index (χ0n) is 16.3. The molecule has 0 aliphatic rings. The third kappa shape index (κ3) is 6.04. The topological polar surface area (TPSA) is 42.4 Å². The number of benzene rings is 2. The summed E-state index contributed by atoms with van der Waals surface area (Å²) in [7, 11) is 0. The molecule has 1 aromatic heterocycles. The highest BCUT2D eigenvalue weighted by molar-refractivity contribution is 9.10. The Balaban J connectivity index is 1.68. The van der Waals surface area contributed by atoms with E-state index in [2.05, 4.69) is 34.8 Å². The minimum absolute atomic E-state index is 0.00705. The molecule has 0 N–H and O–H groups in total. The Morgan fingerprint density at radius 3 is 2.72 bits per heavy atom. The highest BCUT2D eigenvalue weighted by Crippen LogP contribution is 2.21. The molecule has 1 amide bonds. The predicted molar refractivity (Wildman–Crippen MR) is 122 cm³/mol. The molecule has 0 unspecified atom stereocenters. The molecule has 3 rings (SSSR count). The van der Waals surface area contributed by atoms with E-state index in [1.54, 1.807) is 12.1 Å². The fourth-order valence-corrected chi connectivity index (χ4v) is 4.00. The van der Waals surface area contributed by atoms with Gasteiger partial charge in [-0.2, -0.15) is 0 Å². The van der Waals surface area contributed by atoms with Crippen LogP contribution in [-0.4, -0.2) is 21.8 Å². The predicted octanol–water partition coefficient (Wildman–Crippen LogP) is 6.58. The first-order valence-corrected chi connectivity index (χ1v) is 11.4. The van der Waals surface area contributed by atoms with Gasteiger partial charge in [0.1, 0.15) is 17.4 Å². The smallest absolute Gasteiger partial charge is 0.254 e. The number of ether oxygens (including phenoxy) is 1. The molecule has 1 heterocycles. The molecule has 2 aromatic carbocycles. The van der Waals surface area contributed by atoms with Gasteiger partial charge in [0.2, 0.25) is 0 Å². The lowest BCUT2D eigenvalue weighted by molar-refractivity contribution is 0.0669. The van der Waals surface area contributed by atoms with Gasteiger partial charge in [0.05, 0.1) is 12.2 Å². The van der Waals surface area contributed by atoms with Crippen molar-refractivity contribution in [2.24, 2.45) is 0 Å². The van der Waals surface area contributed by atoms with Crippen molar-refractivity contribution in [1.82, 2.24) is 9.88 Å². The minimum Gasteiger partial charge on any atom is -0.486 e. The highest BCUT2D eigenvalue weighted by Gasteiger charge is 2.22. The summed E-state index contributed by atoms with van der Waals surface area (Å²) >= 11 is 10.9. The maximum Gasteiger partial charge on any atom is 0.254 e. The SMILES string of the molecule is CC[C@@H](C)N(Cc1csc(COc2ccc(Cl)cc2)n1)C(=O)c1cccc(Br)c1. The molecule has 0 bridgehead atoms. The first kappa shape index (κ1) is 21.8. The van der Waals surface area contributed by atoms with E-state index >= 15 is 0 Å². The van der Waals surface area contributed by atoms with Crippen LogP contribution >= 0.6 is 38.9 Å². The lowest BCUT2D eigenvalue weighted by Crippen LogP contribution is -2.37. The van der Waals surface area contributed by atoms with E-state index in [1.807, 2.05) is 46.7 Å². The Morgan fingerprint density at radius 1 is 1.28 bits per heavy atom. The fourth-order valence-electron chi connectivity index (χ4n) is 2.77. The number of aromatic nitrogens is 1. The van der Waals surface area contributed by atoms with E-state index in [0.717, 1.165) is 27.3 Å². The summed E-state index contributed by atoms with van der Waals surface area (Å²) in [5.41, 5.74) is 1.54. The number of carbonyl (C=O) groups excluding carboxylic acids is 1. The average molecular weight is 494 g/mol. The van der Waals surface area contributed by atoms with Crippen molar-refractivity contribution >= 4 is 44.8 Å².